The van der Waals surface area contributed by atoms with Crippen molar-refractivity contribution in [1.29, 1.82) is 0 Å². The molecule has 4 nitrogen and oxygen atoms in total. The van der Waals surface area contributed by atoms with E-state index in [1.165, 1.54) is 5.56 Å². The predicted octanol–water partition coefficient (Wildman–Crippen LogP) is 1.79. The molecule has 1 aliphatic rings. The van der Waals surface area contributed by atoms with Crippen molar-refractivity contribution >= 4 is 5.96 Å². The van der Waals surface area contributed by atoms with Crippen LogP contribution in [-0.4, -0.2) is 55.5 Å². The molecule has 1 aromatic carbocycles. The molecule has 110 valence electrons. The highest BCUT2D eigenvalue weighted by molar-refractivity contribution is 5.79. The molecule has 1 heterocycles. The summed E-state index contributed by atoms with van der Waals surface area (Å²) in [4.78, 5) is 9.24. The Bertz CT molecular complexity index is 408. The summed E-state index contributed by atoms with van der Waals surface area (Å²) in [6, 6.07) is 10.7. The fraction of sp³-hybridized carbons (Fsp3) is 0.562. The van der Waals surface area contributed by atoms with Crippen LogP contribution in [-0.2, 0) is 6.54 Å². The quantitative estimate of drug-likeness (QED) is 0.671. The van der Waals surface area contributed by atoms with E-state index in [1.54, 1.807) is 0 Å². The van der Waals surface area contributed by atoms with Crippen LogP contribution in [0.15, 0.2) is 35.3 Å². The maximum atomic E-state index is 4.37. The normalized spacial score (nSPS) is 17.3. The van der Waals surface area contributed by atoms with Gasteiger partial charge >= 0.3 is 0 Å². The molecule has 4 heteroatoms. The lowest BCUT2D eigenvalue weighted by Crippen LogP contribution is -2.52. The molecular formula is C16H26N4. The Morgan fingerprint density at radius 3 is 2.45 bits per heavy atom. The largest absolute Gasteiger partial charge is 0.356 e. The summed E-state index contributed by atoms with van der Waals surface area (Å²) in [5.41, 5.74) is 1.40. The Labute approximate surface area is 122 Å². The lowest BCUT2D eigenvalue weighted by molar-refractivity contribution is 0.172. The minimum absolute atomic E-state index is 0.997. The summed E-state index contributed by atoms with van der Waals surface area (Å²) in [5.74, 6) is 1.05. The zero-order valence-corrected chi connectivity index (χ0v) is 12.7. The molecule has 0 aromatic heterocycles. The van der Waals surface area contributed by atoms with Gasteiger partial charge in [0.2, 0.25) is 0 Å². The summed E-state index contributed by atoms with van der Waals surface area (Å²) >= 11 is 0. The summed E-state index contributed by atoms with van der Waals surface area (Å²) in [5, 5.41) is 3.41. The third kappa shape index (κ3) is 4.23. The van der Waals surface area contributed by atoms with Gasteiger partial charge in [0.15, 0.2) is 5.96 Å². The van der Waals surface area contributed by atoms with E-state index in [2.05, 4.69) is 57.4 Å². The molecule has 1 N–H and O–H groups in total. The molecule has 0 aliphatic carbocycles. The van der Waals surface area contributed by atoms with Crippen molar-refractivity contribution < 1.29 is 0 Å². The van der Waals surface area contributed by atoms with Crippen LogP contribution in [0.1, 0.15) is 18.9 Å². The van der Waals surface area contributed by atoms with Crippen molar-refractivity contribution in [1.82, 2.24) is 15.1 Å². The lowest BCUT2D eigenvalue weighted by atomic mass is 10.2. The van der Waals surface area contributed by atoms with E-state index in [0.29, 0.717) is 0 Å². The fourth-order valence-electron chi connectivity index (χ4n) is 2.53. The molecule has 1 fully saturated rings. The summed E-state index contributed by atoms with van der Waals surface area (Å²) in [7, 11) is 1.87. The Balaban J connectivity index is 1.80. The van der Waals surface area contributed by atoms with Gasteiger partial charge < -0.3 is 10.2 Å². The Morgan fingerprint density at radius 2 is 1.85 bits per heavy atom. The number of nitrogens with one attached hydrogen (secondary N) is 1. The van der Waals surface area contributed by atoms with Crippen molar-refractivity contribution in [3.8, 4) is 0 Å². The van der Waals surface area contributed by atoms with Gasteiger partial charge in [0.1, 0.15) is 0 Å². The van der Waals surface area contributed by atoms with Gasteiger partial charge in [0, 0.05) is 46.3 Å². The minimum atomic E-state index is 0.997. The number of rotatable bonds is 4. The molecule has 1 aliphatic heterocycles. The van der Waals surface area contributed by atoms with Gasteiger partial charge in [-0.15, -0.1) is 0 Å². The van der Waals surface area contributed by atoms with Gasteiger partial charge in [-0.1, -0.05) is 37.3 Å². The van der Waals surface area contributed by atoms with Crippen molar-refractivity contribution in [3.05, 3.63) is 35.9 Å². The molecule has 0 atom stereocenters. The first-order valence-electron chi connectivity index (χ1n) is 7.55. The number of hydrogen-bond acceptors (Lipinski definition) is 2. The van der Waals surface area contributed by atoms with Crippen LogP contribution in [0, 0.1) is 0 Å². The molecule has 0 unspecified atom stereocenters. The number of hydrogen-bond donors (Lipinski definition) is 1. The molecule has 2 rings (SSSR count). The average Bonchev–Trinajstić information content (AvgIpc) is 2.50. The molecular weight excluding hydrogens is 248 g/mol. The second kappa shape index (κ2) is 7.90. The highest BCUT2D eigenvalue weighted by Gasteiger charge is 2.19. The van der Waals surface area contributed by atoms with Crippen LogP contribution < -0.4 is 5.32 Å². The van der Waals surface area contributed by atoms with E-state index >= 15 is 0 Å². The van der Waals surface area contributed by atoms with Crippen molar-refractivity contribution in [2.45, 2.75) is 19.9 Å². The third-order valence-corrected chi connectivity index (χ3v) is 3.67. The molecule has 0 bridgehead atoms. The third-order valence-electron chi connectivity index (χ3n) is 3.67. The number of piperazine rings is 1. The van der Waals surface area contributed by atoms with Gasteiger partial charge in [-0.05, 0) is 12.0 Å². The number of guanidine groups is 1. The molecule has 20 heavy (non-hydrogen) atoms. The highest BCUT2D eigenvalue weighted by Crippen LogP contribution is 2.08. The zero-order chi connectivity index (χ0) is 14.2. The molecule has 0 radical (unpaired) electrons. The molecule has 0 spiro atoms. The monoisotopic (exact) mass is 274 g/mol. The van der Waals surface area contributed by atoms with Crippen LogP contribution in [0.2, 0.25) is 0 Å². The van der Waals surface area contributed by atoms with Crippen LogP contribution in [0.4, 0.5) is 0 Å². The Morgan fingerprint density at radius 1 is 1.15 bits per heavy atom. The predicted molar refractivity (Wildman–Crippen MR) is 84.9 cm³/mol. The first-order valence-corrected chi connectivity index (χ1v) is 7.55. The number of nitrogens with zero attached hydrogens (tertiary/aromatic N) is 3. The van der Waals surface area contributed by atoms with Gasteiger partial charge in [-0.3, -0.25) is 9.89 Å². The van der Waals surface area contributed by atoms with E-state index in [9.17, 15) is 0 Å². The van der Waals surface area contributed by atoms with Crippen LogP contribution in [0.5, 0.6) is 0 Å². The first kappa shape index (κ1) is 14.9. The maximum absolute atomic E-state index is 4.37. The van der Waals surface area contributed by atoms with Crippen LogP contribution in [0.3, 0.4) is 0 Å². The molecule has 1 saturated heterocycles. The Kier molecular flexibility index (Phi) is 5.87. The van der Waals surface area contributed by atoms with Crippen molar-refractivity contribution in [2.75, 3.05) is 39.8 Å². The molecule has 1 aromatic rings. The molecule has 0 saturated carbocycles. The number of benzene rings is 1. The second-order valence-electron chi connectivity index (χ2n) is 5.22. The smallest absolute Gasteiger partial charge is 0.193 e. The maximum Gasteiger partial charge on any atom is 0.193 e. The summed E-state index contributed by atoms with van der Waals surface area (Å²) in [6.45, 7) is 8.53. The van der Waals surface area contributed by atoms with Gasteiger partial charge in [0.25, 0.3) is 0 Å². The SMILES string of the molecule is CCCNC(=NC)N1CCN(Cc2ccccc2)CC1. The highest BCUT2D eigenvalue weighted by atomic mass is 15.3. The van der Waals surface area contributed by atoms with Crippen LogP contribution >= 0.6 is 0 Å². The lowest BCUT2D eigenvalue weighted by Gasteiger charge is -2.36. The first-order chi connectivity index (χ1) is 9.83. The average molecular weight is 274 g/mol. The second-order valence-corrected chi connectivity index (χ2v) is 5.22. The van der Waals surface area contributed by atoms with Crippen LogP contribution in [0.25, 0.3) is 0 Å². The van der Waals surface area contributed by atoms with E-state index < -0.39 is 0 Å². The number of aliphatic imine (C=N–C) groups is 1. The fourth-order valence-corrected chi connectivity index (χ4v) is 2.53. The van der Waals surface area contributed by atoms with E-state index in [0.717, 1.165) is 51.6 Å². The van der Waals surface area contributed by atoms with Gasteiger partial charge in [0.05, 0.1) is 0 Å². The van der Waals surface area contributed by atoms with Crippen molar-refractivity contribution in [3.63, 3.8) is 0 Å². The van der Waals surface area contributed by atoms with E-state index in [1.807, 2.05) is 7.05 Å². The Hall–Kier alpha value is -1.55. The standard InChI is InChI=1S/C16H26N4/c1-3-9-18-16(17-2)20-12-10-19(11-13-20)14-15-7-5-4-6-8-15/h4-8H,3,9-14H2,1-2H3,(H,17,18). The van der Waals surface area contributed by atoms with E-state index in [4.69, 9.17) is 0 Å². The zero-order valence-electron chi connectivity index (χ0n) is 12.7. The van der Waals surface area contributed by atoms with Crippen molar-refractivity contribution in [2.24, 2.45) is 4.99 Å². The summed E-state index contributed by atoms with van der Waals surface area (Å²) in [6.07, 6.45) is 1.13. The molecule has 0 amide bonds. The summed E-state index contributed by atoms with van der Waals surface area (Å²) < 4.78 is 0. The van der Waals surface area contributed by atoms with E-state index in [-0.39, 0.29) is 0 Å². The minimum Gasteiger partial charge on any atom is -0.356 e. The van der Waals surface area contributed by atoms with Gasteiger partial charge in [-0.25, -0.2) is 0 Å². The van der Waals surface area contributed by atoms with Gasteiger partial charge in [-0.2, -0.15) is 0 Å². The topological polar surface area (TPSA) is 30.9 Å².